The van der Waals surface area contributed by atoms with Gasteiger partial charge in [-0.1, -0.05) is 0 Å². The second-order valence-electron chi connectivity index (χ2n) is 4.74. The van der Waals surface area contributed by atoms with E-state index in [9.17, 15) is 9.18 Å². The molecule has 5 nitrogen and oxygen atoms in total. The number of halogens is 1. The molecule has 19 heavy (non-hydrogen) atoms. The normalized spacial score (nSPS) is 23.3. The molecule has 1 aliphatic rings. The molecule has 0 bridgehead atoms. The Labute approximate surface area is 111 Å². The van der Waals surface area contributed by atoms with Gasteiger partial charge in [0.15, 0.2) is 11.6 Å². The Hall–Kier alpha value is -1.69. The van der Waals surface area contributed by atoms with Crippen LogP contribution in [0.5, 0.6) is 0 Å². The molecule has 1 aliphatic heterocycles. The number of pyridine rings is 1. The Bertz CT molecular complexity index is 471. The van der Waals surface area contributed by atoms with Gasteiger partial charge >= 0.3 is 0 Å². The van der Waals surface area contributed by atoms with E-state index in [4.69, 9.17) is 4.74 Å². The summed E-state index contributed by atoms with van der Waals surface area (Å²) in [5, 5.41) is 2.63. The topological polar surface area (TPSA) is 54.5 Å². The van der Waals surface area contributed by atoms with Gasteiger partial charge in [-0.25, -0.2) is 9.37 Å². The Morgan fingerprint density at radius 1 is 1.47 bits per heavy atom. The second kappa shape index (κ2) is 5.52. The minimum atomic E-state index is -0.609. The standard InChI is InChI=1S/C13H18FN3O2/c1-8-6-17(7-9(2)19-8)13(18)10-4-5-16-12(15-3)11(10)14/h4-5,8-9H,6-7H2,1-3H3,(H,15,16)/t8-,9+. The maximum absolute atomic E-state index is 14.1. The van der Waals surface area contributed by atoms with Crippen molar-refractivity contribution in [2.24, 2.45) is 0 Å². The number of anilines is 1. The highest BCUT2D eigenvalue weighted by molar-refractivity contribution is 5.95. The van der Waals surface area contributed by atoms with Crippen molar-refractivity contribution in [1.29, 1.82) is 0 Å². The third-order valence-corrected chi connectivity index (χ3v) is 3.06. The van der Waals surface area contributed by atoms with Crippen molar-refractivity contribution in [3.63, 3.8) is 0 Å². The van der Waals surface area contributed by atoms with Crippen molar-refractivity contribution in [3.05, 3.63) is 23.6 Å². The number of hydrogen-bond donors (Lipinski definition) is 1. The summed E-state index contributed by atoms with van der Waals surface area (Å²) in [6, 6.07) is 1.41. The van der Waals surface area contributed by atoms with Gasteiger partial charge in [0.2, 0.25) is 0 Å². The van der Waals surface area contributed by atoms with Crippen LogP contribution in [0, 0.1) is 5.82 Å². The molecular weight excluding hydrogens is 249 g/mol. The summed E-state index contributed by atoms with van der Waals surface area (Å²) in [4.78, 5) is 17.8. The lowest BCUT2D eigenvalue weighted by Gasteiger charge is -2.35. The molecule has 2 heterocycles. The highest BCUT2D eigenvalue weighted by Gasteiger charge is 2.28. The van der Waals surface area contributed by atoms with Crippen LogP contribution in [-0.4, -0.2) is 48.1 Å². The number of aromatic nitrogens is 1. The number of morpholine rings is 1. The quantitative estimate of drug-likeness (QED) is 0.882. The lowest BCUT2D eigenvalue weighted by molar-refractivity contribution is -0.0587. The van der Waals surface area contributed by atoms with Crippen molar-refractivity contribution in [1.82, 2.24) is 9.88 Å². The molecule has 0 radical (unpaired) electrons. The molecule has 0 unspecified atom stereocenters. The maximum Gasteiger partial charge on any atom is 0.257 e. The third-order valence-electron chi connectivity index (χ3n) is 3.06. The van der Waals surface area contributed by atoms with E-state index in [0.717, 1.165) is 0 Å². The summed E-state index contributed by atoms with van der Waals surface area (Å²) in [6.07, 6.45) is 1.35. The first kappa shape index (κ1) is 13.7. The zero-order chi connectivity index (χ0) is 14.0. The first-order valence-corrected chi connectivity index (χ1v) is 6.30. The van der Waals surface area contributed by atoms with Crippen LogP contribution in [-0.2, 0) is 4.74 Å². The van der Waals surface area contributed by atoms with Crippen LogP contribution < -0.4 is 5.32 Å². The monoisotopic (exact) mass is 267 g/mol. The smallest absolute Gasteiger partial charge is 0.257 e. The van der Waals surface area contributed by atoms with Crippen molar-refractivity contribution in [3.8, 4) is 0 Å². The number of ether oxygens (including phenoxy) is 1. The van der Waals surface area contributed by atoms with E-state index in [-0.39, 0.29) is 29.5 Å². The highest BCUT2D eigenvalue weighted by Crippen LogP contribution is 2.19. The van der Waals surface area contributed by atoms with Gasteiger partial charge < -0.3 is 15.0 Å². The van der Waals surface area contributed by atoms with Gasteiger partial charge in [0, 0.05) is 26.3 Å². The molecule has 2 rings (SSSR count). The average molecular weight is 267 g/mol. The molecule has 1 aromatic heterocycles. The molecule has 0 aliphatic carbocycles. The van der Waals surface area contributed by atoms with Crippen LogP contribution in [0.4, 0.5) is 10.2 Å². The SMILES string of the molecule is CNc1nccc(C(=O)N2C[C@@H](C)O[C@@H](C)C2)c1F. The third kappa shape index (κ3) is 2.84. The Morgan fingerprint density at radius 2 is 2.11 bits per heavy atom. The van der Waals surface area contributed by atoms with Gasteiger partial charge in [0.25, 0.3) is 5.91 Å². The molecule has 0 saturated carbocycles. The van der Waals surface area contributed by atoms with E-state index in [1.165, 1.54) is 12.3 Å². The largest absolute Gasteiger partial charge is 0.372 e. The van der Waals surface area contributed by atoms with E-state index in [2.05, 4.69) is 10.3 Å². The number of rotatable bonds is 2. The van der Waals surface area contributed by atoms with E-state index in [0.29, 0.717) is 13.1 Å². The van der Waals surface area contributed by atoms with Crippen molar-refractivity contribution in [2.45, 2.75) is 26.1 Å². The van der Waals surface area contributed by atoms with Crippen molar-refractivity contribution >= 4 is 11.7 Å². The van der Waals surface area contributed by atoms with E-state index in [1.54, 1.807) is 11.9 Å². The lowest BCUT2D eigenvalue weighted by atomic mass is 10.1. The van der Waals surface area contributed by atoms with Gasteiger partial charge in [0.05, 0.1) is 17.8 Å². The number of carbonyl (C=O) groups is 1. The van der Waals surface area contributed by atoms with Crippen LogP contribution in [0.15, 0.2) is 12.3 Å². The molecule has 6 heteroatoms. The zero-order valence-corrected chi connectivity index (χ0v) is 11.3. The molecule has 1 N–H and O–H groups in total. The molecular formula is C13H18FN3O2. The number of carbonyl (C=O) groups excluding carboxylic acids is 1. The molecule has 1 amide bonds. The Morgan fingerprint density at radius 3 is 2.68 bits per heavy atom. The predicted octanol–water partition coefficient (Wildman–Crippen LogP) is 1.51. The van der Waals surface area contributed by atoms with Gasteiger partial charge in [-0.05, 0) is 19.9 Å². The van der Waals surface area contributed by atoms with Gasteiger partial charge in [-0.3, -0.25) is 4.79 Å². The summed E-state index contributed by atoms with van der Waals surface area (Å²) in [7, 11) is 1.57. The second-order valence-corrected chi connectivity index (χ2v) is 4.74. The van der Waals surface area contributed by atoms with Crippen molar-refractivity contribution in [2.75, 3.05) is 25.5 Å². The molecule has 1 saturated heterocycles. The van der Waals surface area contributed by atoms with Crippen LogP contribution in [0.2, 0.25) is 0 Å². The van der Waals surface area contributed by atoms with E-state index in [1.807, 2.05) is 13.8 Å². The van der Waals surface area contributed by atoms with Gasteiger partial charge in [-0.15, -0.1) is 0 Å². The lowest BCUT2D eigenvalue weighted by Crippen LogP contribution is -2.48. The maximum atomic E-state index is 14.1. The molecule has 0 aromatic carbocycles. The molecule has 1 fully saturated rings. The van der Waals surface area contributed by atoms with Crippen LogP contribution in [0.25, 0.3) is 0 Å². The van der Waals surface area contributed by atoms with Crippen LogP contribution in [0.1, 0.15) is 24.2 Å². The zero-order valence-electron chi connectivity index (χ0n) is 11.3. The van der Waals surface area contributed by atoms with E-state index >= 15 is 0 Å². The summed E-state index contributed by atoms with van der Waals surface area (Å²) < 4.78 is 19.6. The molecule has 104 valence electrons. The predicted molar refractivity (Wildman–Crippen MR) is 69.7 cm³/mol. The number of amides is 1. The number of nitrogens with zero attached hydrogens (tertiary/aromatic N) is 2. The fourth-order valence-corrected chi connectivity index (χ4v) is 2.30. The first-order chi connectivity index (χ1) is 9.02. The average Bonchev–Trinajstić information content (AvgIpc) is 2.37. The summed E-state index contributed by atoms with van der Waals surface area (Å²) in [5.74, 6) is -0.847. The molecule has 0 spiro atoms. The minimum Gasteiger partial charge on any atom is -0.372 e. The highest BCUT2D eigenvalue weighted by atomic mass is 19.1. The Balaban J connectivity index is 2.24. The first-order valence-electron chi connectivity index (χ1n) is 6.30. The molecule has 1 aromatic rings. The van der Waals surface area contributed by atoms with Crippen LogP contribution in [0.3, 0.4) is 0 Å². The number of hydrogen-bond acceptors (Lipinski definition) is 4. The van der Waals surface area contributed by atoms with Crippen LogP contribution >= 0.6 is 0 Å². The van der Waals surface area contributed by atoms with E-state index < -0.39 is 5.82 Å². The van der Waals surface area contributed by atoms with Gasteiger partial charge in [-0.2, -0.15) is 0 Å². The molecule has 2 atom stereocenters. The number of nitrogens with one attached hydrogen (secondary N) is 1. The summed E-state index contributed by atoms with van der Waals surface area (Å²) in [6.45, 7) is 4.75. The van der Waals surface area contributed by atoms with Gasteiger partial charge in [0.1, 0.15) is 0 Å². The fourth-order valence-electron chi connectivity index (χ4n) is 2.30. The summed E-state index contributed by atoms with van der Waals surface area (Å²) >= 11 is 0. The van der Waals surface area contributed by atoms with Crippen molar-refractivity contribution < 1.29 is 13.9 Å². The summed E-state index contributed by atoms with van der Waals surface area (Å²) in [5.41, 5.74) is 0.0423. The minimum absolute atomic E-state index is 0.0404. The fraction of sp³-hybridized carbons (Fsp3) is 0.538. The Kier molecular flexibility index (Phi) is 3.99.